The minimum Gasteiger partial charge on any atom is -0.496 e. The Labute approximate surface area is 160 Å². The number of hydrogen-bond donors (Lipinski definition) is 2. The van der Waals surface area contributed by atoms with Crippen molar-refractivity contribution in [3.05, 3.63) is 54.5 Å². The first kappa shape index (κ1) is 20.7. The first-order valence-corrected chi connectivity index (χ1v) is 8.13. The van der Waals surface area contributed by atoms with Crippen LogP contribution < -0.4 is 10.1 Å². The Balaban J connectivity index is 2.09. The molecule has 1 aromatic heterocycles. The van der Waals surface area contributed by atoms with E-state index in [2.05, 4.69) is 36.8 Å². The zero-order valence-electron chi connectivity index (χ0n) is 15.3. The number of H-pyrrole nitrogens is 1. The van der Waals surface area contributed by atoms with Gasteiger partial charge in [-0.1, -0.05) is 24.8 Å². The molecule has 0 fully saturated rings. The van der Waals surface area contributed by atoms with E-state index in [9.17, 15) is 13.6 Å². The number of para-hydroxylation sites is 1. The summed E-state index contributed by atoms with van der Waals surface area (Å²) in [7, 11) is 1.54. The van der Waals surface area contributed by atoms with Crippen LogP contribution in [-0.2, 0) is 16.1 Å². The van der Waals surface area contributed by atoms with E-state index in [1.807, 2.05) is 12.1 Å². The topological polar surface area (TPSA) is 101 Å². The molecular formula is C18H19F2N5O3. The van der Waals surface area contributed by atoms with Gasteiger partial charge in [0, 0.05) is 6.20 Å². The summed E-state index contributed by atoms with van der Waals surface area (Å²) >= 11 is 0. The number of carbonyl (C=O) groups excluding carboxylic acids is 1. The number of benzene rings is 1. The summed E-state index contributed by atoms with van der Waals surface area (Å²) in [6.45, 7) is 1.67. The largest absolute Gasteiger partial charge is 0.496 e. The van der Waals surface area contributed by atoms with Crippen molar-refractivity contribution in [1.82, 2.24) is 20.5 Å². The van der Waals surface area contributed by atoms with Gasteiger partial charge in [0.2, 0.25) is 5.90 Å². The van der Waals surface area contributed by atoms with Crippen molar-refractivity contribution < 1.29 is 23.0 Å². The van der Waals surface area contributed by atoms with Gasteiger partial charge < -0.3 is 14.8 Å². The second kappa shape index (κ2) is 9.95. The van der Waals surface area contributed by atoms with Crippen molar-refractivity contribution in [2.45, 2.75) is 20.1 Å². The van der Waals surface area contributed by atoms with Crippen LogP contribution in [0.1, 0.15) is 12.7 Å². The number of allylic oxidation sites excluding steroid dienone is 1. The van der Waals surface area contributed by atoms with Crippen LogP contribution in [0.25, 0.3) is 11.4 Å². The fourth-order valence-corrected chi connectivity index (χ4v) is 2.27. The van der Waals surface area contributed by atoms with Crippen molar-refractivity contribution in [3.8, 4) is 17.1 Å². The van der Waals surface area contributed by atoms with Crippen LogP contribution in [0.2, 0.25) is 0 Å². The van der Waals surface area contributed by atoms with E-state index in [1.165, 1.54) is 20.1 Å². The molecule has 0 aliphatic heterocycles. The molecule has 0 atom stereocenters. The van der Waals surface area contributed by atoms with E-state index in [0.717, 1.165) is 6.20 Å². The molecule has 0 aliphatic rings. The highest BCUT2D eigenvalue weighted by Gasteiger charge is 2.20. The first-order valence-electron chi connectivity index (χ1n) is 8.13. The second-order valence-electron chi connectivity index (χ2n) is 5.19. The number of ether oxygens (including phenoxy) is 2. The van der Waals surface area contributed by atoms with Gasteiger partial charge in [0.1, 0.15) is 11.6 Å². The van der Waals surface area contributed by atoms with E-state index in [1.54, 1.807) is 12.1 Å². The molecule has 0 bridgehead atoms. The molecule has 0 unspecified atom stereocenters. The van der Waals surface area contributed by atoms with Crippen LogP contribution in [0.15, 0.2) is 53.7 Å². The number of rotatable bonds is 8. The zero-order valence-corrected chi connectivity index (χ0v) is 15.3. The summed E-state index contributed by atoms with van der Waals surface area (Å²) in [6.07, 6.45) is 2.31. The number of halogens is 2. The Morgan fingerprint density at radius 1 is 1.43 bits per heavy atom. The number of hydrogen-bond acceptors (Lipinski definition) is 6. The normalized spacial score (nSPS) is 12.0. The van der Waals surface area contributed by atoms with Gasteiger partial charge in [0.25, 0.3) is 5.91 Å². The second-order valence-corrected chi connectivity index (χ2v) is 5.19. The maximum Gasteiger partial charge on any atom is 0.388 e. The molecule has 8 nitrogen and oxygen atoms in total. The Hall–Kier alpha value is -3.56. The highest BCUT2D eigenvalue weighted by molar-refractivity contribution is 6.18. The van der Waals surface area contributed by atoms with E-state index in [4.69, 9.17) is 4.74 Å². The Kier molecular flexibility index (Phi) is 7.37. The van der Waals surface area contributed by atoms with Gasteiger partial charge in [0.05, 0.1) is 24.8 Å². The fourth-order valence-electron chi connectivity index (χ4n) is 2.27. The summed E-state index contributed by atoms with van der Waals surface area (Å²) in [5, 5.41) is 9.35. The number of amides is 1. The van der Waals surface area contributed by atoms with Gasteiger partial charge in [-0.25, -0.2) is 9.98 Å². The maximum absolute atomic E-state index is 12.5. The van der Waals surface area contributed by atoms with Crippen molar-refractivity contribution in [1.29, 1.82) is 0 Å². The number of aromatic nitrogens is 3. The first-order chi connectivity index (χ1) is 13.5. The van der Waals surface area contributed by atoms with Gasteiger partial charge in [-0.05, 0) is 19.1 Å². The van der Waals surface area contributed by atoms with E-state index < -0.39 is 18.4 Å². The van der Waals surface area contributed by atoms with E-state index >= 15 is 0 Å². The molecule has 0 aliphatic carbocycles. The Morgan fingerprint density at radius 3 is 2.82 bits per heavy atom. The number of methoxy groups -OCH3 is 1. The molecule has 2 N–H and O–H groups in total. The number of aliphatic imine (C=N–C) groups is 1. The minimum absolute atomic E-state index is 0.0195. The lowest BCUT2D eigenvalue weighted by atomic mass is 10.2. The molecule has 1 aromatic carbocycles. The van der Waals surface area contributed by atoms with Crippen LogP contribution in [0.5, 0.6) is 5.75 Å². The lowest BCUT2D eigenvalue weighted by molar-refractivity contribution is -0.117. The average Bonchev–Trinajstić information content (AvgIpc) is 3.15. The monoisotopic (exact) mass is 391 g/mol. The fraction of sp³-hybridized carbons (Fsp3) is 0.222. The highest BCUT2D eigenvalue weighted by atomic mass is 19.3. The maximum atomic E-state index is 12.5. The molecule has 0 radical (unpaired) electrons. The van der Waals surface area contributed by atoms with Crippen LogP contribution in [0.3, 0.4) is 0 Å². The number of carbonyl (C=O) groups is 1. The third-order valence-corrected chi connectivity index (χ3v) is 3.47. The number of aromatic amines is 1. The van der Waals surface area contributed by atoms with Crippen molar-refractivity contribution in [2.75, 3.05) is 7.11 Å². The smallest absolute Gasteiger partial charge is 0.388 e. The van der Waals surface area contributed by atoms with Gasteiger partial charge in [-0.2, -0.15) is 13.9 Å². The van der Waals surface area contributed by atoms with Crippen molar-refractivity contribution >= 4 is 11.8 Å². The standard InChI is InChI=1S/C18H19F2N5O3/c1-4-11(17(21-5-2)28-18(19)20)16(26)22-10-14-23-15(25-24-14)12-8-6-7-9-13(12)27-3/h4-9,18H,2,10H2,1,3H3,(H,22,26)(H,23,24,25)/b11-4-,21-17?. The van der Waals surface area contributed by atoms with Crippen LogP contribution in [0.4, 0.5) is 8.78 Å². The number of nitrogens with one attached hydrogen (secondary N) is 2. The van der Waals surface area contributed by atoms with Crippen LogP contribution >= 0.6 is 0 Å². The van der Waals surface area contributed by atoms with Gasteiger partial charge in [-0.3, -0.25) is 9.89 Å². The number of alkyl halides is 2. The third-order valence-electron chi connectivity index (χ3n) is 3.47. The summed E-state index contributed by atoms with van der Waals surface area (Å²) in [4.78, 5) is 20.2. The summed E-state index contributed by atoms with van der Waals surface area (Å²) in [6, 6.07) is 7.20. The number of nitrogens with zero attached hydrogens (tertiary/aromatic N) is 3. The summed E-state index contributed by atoms with van der Waals surface area (Å²) < 4.78 is 34.6. The zero-order chi connectivity index (χ0) is 20.5. The van der Waals surface area contributed by atoms with E-state index in [0.29, 0.717) is 23.0 Å². The van der Waals surface area contributed by atoms with Crippen LogP contribution in [0, 0.1) is 0 Å². The molecule has 2 rings (SSSR count). The third kappa shape index (κ3) is 5.22. The van der Waals surface area contributed by atoms with Gasteiger partial charge in [-0.15, -0.1) is 0 Å². The summed E-state index contributed by atoms with van der Waals surface area (Å²) in [5.41, 5.74) is 0.517. The molecule has 0 saturated carbocycles. The SMILES string of the molecule is C=CN=C(OC(F)F)/C(=C\C)C(=O)NCc1nc(-c2ccccc2OC)n[nH]1. The molecule has 0 saturated heterocycles. The highest BCUT2D eigenvalue weighted by Crippen LogP contribution is 2.26. The molecule has 148 valence electrons. The van der Waals surface area contributed by atoms with Crippen LogP contribution in [-0.4, -0.2) is 40.7 Å². The molecular weight excluding hydrogens is 372 g/mol. The summed E-state index contributed by atoms with van der Waals surface area (Å²) in [5.74, 6) is 0.156. The lowest BCUT2D eigenvalue weighted by Gasteiger charge is -2.11. The van der Waals surface area contributed by atoms with Gasteiger partial charge in [0.15, 0.2) is 5.82 Å². The molecule has 2 aromatic rings. The predicted octanol–water partition coefficient (Wildman–Crippen LogP) is 2.82. The predicted molar refractivity (Wildman–Crippen MR) is 98.7 cm³/mol. The van der Waals surface area contributed by atoms with E-state index in [-0.39, 0.29) is 12.1 Å². The lowest BCUT2D eigenvalue weighted by Crippen LogP contribution is -2.30. The van der Waals surface area contributed by atoms with Crippen molar-refractivity contribution in [3.63, 3.8) is 0 Å². The molecule has 1 amide bonds. The van der Waals surface area contributed by atoms with Crippen molar-refractivity contribution in [2.24, 2.45) is 4.99 Å². The molecule has 0 spiro atoms. The molecule has 1 heterocycles. The Morgan fingerprint density at radius 2 is 2.18 bits per heavy atom. The average molecular weight is 391 g/mol. The Bertz CT molecular complexity index is 893. The molecule has 10 heteroatoms. The minimum atomic E-state index is -3.13. The van der Waals surface area contributed by atoms with Gasteiger partial charge >= 0.3 is 6.61 Å². The quantitative estimate of drug-likeness (QED) is 0.409. The molecule has 28 heavy (non-hydrogen) atoms.